The van der Waals surface area contributed by atoms with Gasteiger partial charge in [0.05, 0.1) is 12.6 Å². The molecule has 10 heteroatoms. The molecule has 7 nitrogen and oxygen atoms in total. The van der Waals surface area contributed by atoms with E-state index in [1.165, 1.54) is 0 Å². The number of ether oxygens (including phenoxy) is 1. The summed E-state index contributed by atoms with van der Waals surface area (Å²) in [5.74, 6) is -2.55. The first-order chi connectivity index (χ1) is 8.34. The van der Waals surface area contributed by atoms with Crippen molar-refractivity contribution in [1.82, 2.24) is 10.8 Å². The van der Waals surface area contributed by atoms with E-state index in [1.807, 2.05) is 0 Å². The highest BCUT2D eigenvalue weighted by atomic mass is 19.4. The van der Waals surface area contributed by atoms with Crippen molar-refractivity contribution in [3.05, 3.63) is 0 Å². The second-order valence-electron chi connectivity index (χ2n) is 3.61. The smallest absolute Gasteiger partial charge is 0.426 e. The molecule has 0 aliphatic carbocycles. The van der Waals surface area contributed by atoms with Gasteiger partial charge in [-0.2, -0.15) is 18.7 Å². The number of aliphatic hydroxyl groups is 2. The maximum Gasteiger partial charge on any atom is 0.491 e. The van der Waals surface area contributed by atoms with Gasteiger partial charge in [0.25, 0.3) is 0 Å². The van der Waals surface area contributed by atoms with Gasteiger partial charge in [-0.05, 0) is 0 Å². The summed E-state index contributed by atoms with van der Waals surface area (Å²) in [7, 11) is 0. The van der Waals surface area contributed by atoms with E-state index in [2.05, 4.69) is 15.5 Å². The maximum atomic E-state index is 11.8. The fourth-order valence-corrected chi connectivity index (χ4v) is 0.994. The van der Waals surface area contributed by atoms with Crippen LogP contribution in [0.4, 0.5) is 13.2 Å². The molecule has 1 fully saturated rings. The lowest BCUT2D eigenvalue weighted by Crippen LogP contribution is -2.57. The predicted molar refractivity (Wildman–Crippen MR) is 49.9 cm³/mol. The Morgan fingerprint density at radius 3 is 2.50 bits per heavy atom. The molecule has 2 unspecified atom stereocenters. The molecule has 0 radical (unpaired) electrons. The number of carbonyl (C=O) groups excluding carboxylic acids is 1. The summed E-state index contributed by atoms with van der Waals surface area (Å²) in [5, 5.41) is 20.8. The number of hydroxylamine groups is 1. The SMILES string of the molecule is O=C(OC(O)C(CO)ONC1CNC1)C(F)(F)F. The molecule has 1 rings (SSSR count). The Labute approximate surface area is 99.8 Å². The third-order valence-corrected chi connectivity index (χ3v) is 2.12. The van der Waals surface area contributed by atoms with Gasteiger partial charge in [-0.15, -0.1) is 0 Å². The Kier molecular flexibility index (Phi) is 5.28. The quantitative estimate of drug-likeness (QED) is 0.259. The summed E-state index contributed by atoms with van der Waals surface area (Å²) in [5.41, 5.74) is 2.41. The van der Waals surface area contributed by atoms with Crippen molar-refractivity contribution in [3.8, 4) is 0 Å². The Morgan fingerprint density at radius 1 is 1.50 bits per heavy atom. The second kappa shape index (κ2) is 6.29. The average molecular weight is 274 g/mol. The number of alkyl halides is 3. The van der Waals surface area contributed by atoms with Gasteiger partial charge in [-0.25, -0.2) is 4.79 Å². The van der Waals surface area contributed by atoms with E-state index in [1.54, 1.807) is 0 Å². The maximum absolute atomic E-state index is 11.8. The zero-order chi connectivity index (χ0) is 13.8. The van der Waals surface area contributed by atoms with Gasteiger partial charge in [-0.3, -0.25) is 4.84 Å². The third kappa shape index (κ3) is 4.38. The lowest BCUT2D eigenvalue weighted by atomic mass is 10.2. The van der Waals surface area contributed by atoms with Crippen molar-refractivity contribution in [1.29, 1.82) is 0 Å². The van der Waals surface area contributed by atoms with E-state index in [4.69, 9.17) is 15.1 Å². The highest BCUT2D eigenvalue weighted by molar-refractivity contribution is 5.75. The van der Waals surface area contributed by atoms with Crippen LogP contribution in [0.15, 0.2) is 0 Å². The molecule has 0 saturated carbocycles. The Morgan fingerprint density at radius 2 is 2.11 bits per heavy atom. The molecular formula is C8H13F3N2O5. The monoisotopic (exact) mass is 274 g/mol. The Balaban J connectivity index is 2.35. The molecule has 2 atom stereocenters. The van der Waals surface area contributed by atoms with Crippen LogP contribution in [0.25, 0.3) is 0 Å². The van der Waals surface area contributed by atoms with Crippen LogP contribution in [0.3, 0.4) is 0 Å². The van der Waals surface area contributed by atoms with Gasteiger partial charge in [0.1, 0.15) is 0 Å². The van der Waals surface area contributed by atoms with Crippen LogP contribution in [-0.2, 0) is 14.4 Å². The minimum absolute atomic E-state index is 0.0791. The van der Waals surface area contributed by atoms with Gasteiger partial charge in [-0.1, -0.05) is 0 Å². The summed E-state index contributed by atoms with van der Waals surface area (Å²) in [6, 6.07) is -0.0791. The van der Waals surface area contributed by atoms with Crippen molar-refractivity contribution >= 4 is 5.97 Å². The van der Waals surface area contributed by atoms with Gasteiger partial charge < -0.3 is 20.3 Å². The number of carbonyl (C=O) groups is 1. The largest absolute Gasteiger partial charge is 0.491 e. The number of nitrogens with one attached hydrogen (secondary N) is 2. The fourth-order valence-electron chi connectivity index (χ4n) is 0.994. The highest BCUT2D eigenvalue weighted by Gasteiger charge is 2.43. The van der Waals surface area contributed by atoms with E-state index in [-0.39, 0.29) is 6.04 Å². The highest BCUT2D eigenvalue weighted by Crippen LogP contribution is 2.18. The molecule has 0 spiro atoms. The van der Waals surface area contributed by atoms with E-state index >= 15 is 0 Å². The second-order valence-corrected chi connectivity index (χ2v) is 3.61. The molecule has 106 valence electrons. The Hall–Kier alpha value is -0.940. The topological polar surface area (TPSA) is 100 Å². The number of rotatable bonds is 6. The van der Waals surface area contributed by atoms with Crippen LogP contribution in [0.2, 0.25) is 0 Å². The summed E-state index contributed by atoms with van der Waals surface area (Å²) in [4.78, 5) is 15.2. The van der Waals surface area contributed by atoms with Crippen LogP contribution >= 0.6 is 0 Å². The molecule has 0 aromatic rings. The zero-order valence-electron chi connectivity index (χ0n) is 9.11. The normalized spacial score (nSPS) is 20.1. The molecule has 0 bridgehead atoms. The van der Waals surface area contributed by atoms with Crippen LogP contribution in [0.1, 0.15) is 0 Å². The average Bonchev–Trinajstić information content (AvgIpc) is 2.20. The van der Waals surface area contributed by atoms with Crippen molar-refractivity contribution in [2.24, 2.45) is 0 Å². The molecule has 0 aromatic heterocycles. The van der Waals surface area contributed by atoms with E-state index in [0.717, 1.165) is 0 Å². The minimum Gasteiger partial charge on any atom is -0.426 e. The molecule has 0 aromatic carbocycles. The summed E-state index contributed by atoms with van der Waals surface area (Å²) < 4.78 is 39.2. The molecule has 1 saturated heterocycles. The molecule has 4 N–H and O–H groups in total. The van der Waals surface area contributed by atoms with Gasteiger partial charge in [0.2, 0.25) is 6.29 Å². The van der Waals surface area contributed by atoms with Crippen molar-refractivity contribution in [2.45, 2.75) is 24.6 Å². The van der Waals surface area contributed by atoms with Crippen LogP contribution in [0.5, 0.6) is 0 Å². The summed E-state index contributed by atoms with van der Waals surface area (Å²) in [6.07, 6.45) is -8.94. The number of hydrogen-bond donors (Lipinski definition) is 4. The van der Waals surface area contributed by atoms with Crippen LogP contribution in [0, 0.1) is 0 Å². The summed E-state index contributed by atoms with van der Waals surface area (Å²) >= 11 is 0. The molecule has 1 heterocycles. The van der Waals surface area contributed by atoms with Crippen molar-refractivity contribution < 1.29 is 37.8 Å². The fraction of sp³-hybridized carbons (Fsp3) is 0.875. The lowest BCUT2D eigenvalue weighted by molar-refractivity contribution is -0.244. The van der Waals surface area contributed by atoms with Gasteiger partial charge in [0, 0.05) is 13.1 Å². The third-order valence-electron chi connectivity index (χ3n) is 2.12. The Bertz CT molecular complexity index is 284. The van der Waals surface area contributed by atoms with Crippen molar-refractivity contribution in [2.75, 3.05) is 19.7 Å². The van der Waals surface area contributed by atoms with Gasteiger partial charge >= 0.3 is 12.1 Å². The van der Waals surface area contributed by atoms with E-state index < -0.39 is 31.1 Å². The van der Waals surface area contributed by atoms with E-state index in [0.29, 0.717) is 13.1 Å². The summed E-state index contributed by atoms with van der Waals surface area (Å²) in [6.45, 7) is 0.340. The first-order valence-electron chi connectivity index (χ1n) is 5.03. The number of aliphatic hydroxyl groups excluding tert-OH is 2. The van der Waals surface area contributed by atoms with Crippen molar-refractivity contribution in [3.63, 3.8) is 0 Å². The minimum atomic E-state index is -5.22. The molecule has 18 heavy (non-hydrogen) atoms. The van der Waals surface area contributed by atoms with Crippen LogP contribution < -0.4 is 10.8 Å². The first-order valence-corrected chi connectivity index (χ1v) is 5.03. The van der Waals surface area contributed by atoms with Gasteiger partial charge in [0.15, 0.2) is 6.10 Å². The number of hydrogen-bond acceptors (Lipinski definition) is 7. The number of esters is 1. The molecule has 1 aliphatic heterocycles. The zero-order valence-corrected chi connectivity index (χ0v) is 9.11. The van der Waals surface area contributed by atoms with E-state index in [9.17, 15) is 18.0 Å². The number of halogens is 3. The lowest BCUT2D eigenvalue weighted by Gasteiger charge is -2.30. The predicted octanol–water partition coefficient (Wildman–Crippen LogP) is -1.74. The molecule has 0 amide bonds. The van der Waals surface area contributed by atoms with Crippen LogP contribution in [-0.4, -0.2) is 60.5 Å². The first kappa shape index (κ1) is 15.1. The standard InChI is InChI=1S/C8H13F3N2O5/c9-8(10,11)7(16)17-6(15)5(3-14)18-13-4-1-12-2-4/h4-6,12-15H,1-3H2. The molecule has 1 aliphatic rings. The molecular weight excluding hydrogens is 261 g/mol.